The Morgan fingerprint density at radius 1 is 1.67 bits per heavy atom. The molecule has 0 saturated carbocycles. The Morgan fingerprint density at radius 3 is 2.22 bits per heavy atom. The van der Waals surface area contributed by atoms with Gasteiger partial charge >= 0.3 is 0 Å². The third kappa shape index (κ3) is 2.58. The van der Waals surface area contributed by atoms with Crippen LogP contribution in [0.1, 0.15) is 6.92 Å². The number of carbonyl (C=O) groups is 2. The van der Waals surface area contributed by atoms with Crippen LogP contribution in [0.3, 0.4) is 0 Å². The van der Waals surface area contributed by atoms with Crippen molar-refractivity contribution in [3.05, 3.63) is 0 Å². The normalized spacial score (nSPS) is 12.8. The minimum absolute atomic E-state index is 0.435. The lowest BCUT2D eigenvalue weighted by molar-refractivity contribution is -0.127. The van der Waals surface area contributed by atoms with E-state index in [0.717, 1.165) is 0 Å². The van der Waals surface area contributed by atoms with Gasteiger partial charge in [0.25, 0.3) is 0 Å². The third-order valence-electron chi connectivity index (χ3n) is 0.795. The van der Waals surface area contributed by atoms with Crippen LogP contribution in [0.4, 0.5) is 0 Å². The zero-order chi connectivity index (χ0) is 7.44. The van der Waals surface area contributed by atoms with Crippen molar-refractivity contribution < 1.29 is 14.7 Å². The number of hydrogen-bond acceptors (Lipinski definition) is 3. The SMILES string of the molecule is CC(=O)C(Cl)C(=O)CO. The largest absolute Gasteiger partial charge is 0.389 e. The fourth-order valence-electron chi connectivity index (χ4n) is 0.307. The molecule has 0 aliphatic heterocycles. The fourth-order valence-corrected chi connectivity index (χ4v) is 0.376. The van der Waals surface area contributed by atoms with Crippen LogP contribution in [0.2, 0.25) is 0 Å². The second-order valence-corrected chi connectivity index (χ2v) is 2.03. The van der Waals surface area contributed by atoms with E-state index in [1.54, 1.807) is 0 Å². The van der Waals surface area contributed by atoms with E-state index < -0.39 is 23.6 Å². The van der Waals surface area contributed by atoms with Crippen molar-refractivity contribution >= 4 is 23.2 Å². The smallest absolute Gasteiger partial charge is 0.183 e. The Morgan fingerprint density at radius 2 is 2.11 bits per heavy atom. The molecule has 0 aromatic carbocycles. The van der Waals surface area contributed by atoms with E-state index in [4.69, 9.17) is 16.7 Å². The second-order valence-electron chi connectivity index (χ2n) is 1.60. The van der Waals surface area contributed by atoms with Gasteiger partial charge in [-0.15, -0.1) is 11.6 Å². The van der Waals surface area contributed by atoms with Crippen molar-refractivity contribution in [2.24, 2.45) is 0 Å². The number of alkyl halides is 1. The molecule has 0 saturated heterocycles. The van der Waals surface area contributed by atoms with Gasteiger partial charge in [-0.1, -0.05) is 0 Å². The highest BCUT2D eigenvalue weighted by Gasteiger charge is 2.17. The maximum atomic E-state index is 10.4. The van der Waals surface area contributed by atoms with Crippen LogP contribution in [-0.4, -0.2) is 28.7 Å². The Balaban J connectivity index is 3.88. The van der Waals surface area contributed by atoms with Crippen molar-refractivity contribution in [1.29, 1.82) is 0 Å². The number of Topliss-reactive ketones (excluding diaryl/α,β-unsaturated/α-hetero) is 2. The van der Waals surface area contributed by atoms with Crippen molar-refractivity contribution in [3.8, 4) is 0 Å². The quantitative estimate of drug-likeness (QED) is 0.446. The van der Waals surface area contributed by atoms with Crippen LogP contribution in [0.15, 0.2) is 0 Å². The molecular formula is C5H7ClO3. The van der Waals surface area contributed by atoms with E-state index in [1.807, 2.05) is 0 Å². The molecule has 0 aromatic rings. The summed E-state index contributed by atoms with van der Waals surface area (Å²) >= 11 is 5.21. The minimum Gasteiger partial charge on any atom is -0.389 e. The predicted molar refractivity (Wildman–Crippen MR) is 32.4 cm³/mol. The summed E-state index contributed by atoms with van der Waals surface area (Å²) in [6.07, 6.45) is 0. The van der Waals surface area contributed by atoms with Crippen molar-refractivity contribution in [3.63, 3.8) is 0 Å². The van der Waals surface area contributed by atoms with Gasteiger partial charge in [0.05, 0.1) is 0 Å². The number of carbonyl (C=O) groups excluding carboxylic acids is 2. The minimum atomic E-state index is -1.17. The highest BCUT2D eigenvalue weighted by atomic mass is 35.5. The lowest BCUT2D eigenvalue weighted by Crippen LogP contribution is -2.24. The van der Waals surface area contributed by atoms with E-state index in [0.29, 0.717) is 0 Å². The summed E-state index contributed by atoms with van der Waals surface area (Å²) in [7, 11) is 0. The Bertz CT molecular complexity index is 132. The van der Waals surface area contributed by atoms with Gasteiger partial charge in [0, 0.05) is 0 Å². The highest BCUT2D eigenvalue weighted by molar-refractivity contribution is 6.41. The van der Waals surface area contributed by atoms with E-state index >= 15 is 0 Å². The molecule has 0 aliphatic carbocycles. The maximum Gasteiger partial charge on any atom is 0.183 e. The van der Waals surface area contributed by atoms with Crippen molar-refractivity contribution in [1.82, 2.24) is 0 Å². The molecule has 52 valence electrons. The van der Waals surface area contributed by atoms with E-state index in [-0.39, 0.29) is 0 Å². The first-order valence-electron chi connectivity index (χ1n) is 2.37. The van der Waals surface area contributed by atoms with Crippen LogP contribution < -0.4 is 0 Å². The molecule has 0 rings (SSSR count). The van der Waals surface area contributed by atoms with Crippen molar-refractivity contribution in [2.45, 2.75) is 12.3 Å². The molecule has 0 amide bonds. The number of rotatable bonds is 3. The van der Waals surface area contributed by atoms with Crippen LogP contribution in [-0.2, 0) is 9.59 Å². The van der Waals surface area contributed by atoms with Crippen LogP contribution in [0, 0.1) is 0 Å². The molecule has 0 spiro atoms. The van der Waals surface area contributed by atoms with Gasteiger partial charge in [-0.3, -0.25) is 9.59 Å². The molecule has 3 nitrogen and oxygen atoms in total. The average molecular weight is 151 g/mol. The number of aliphatic hydroxyl groups excluding tert-OH is 1. The maximum absolute atomic E-state index is 10.4. The van der Waals surface area contributed by atoms with Gasteiger partial charge in [0.15, 0.2) is 16.9 Å². The first-order chi connectivity index (χ1) is 4.09. The number of hydrogen-bond donors (Lipinski definition) is 1. The lowest BCUT2D eigenvalue weighted by atomic mass is 10.2. The molecule has 1 N–H and O–H groups in total. The van der Waals surface area contributed by atoms with E-state index in [9.17, 15) is 9.59 Å². The molecule has 0 fully saturated rings. The molecule has 0 aromatic heterocycles. The Kier molecular flexibility index (Phi) is 3.42. The summed E-state index contributed by atoms with van der Waals surface area (Å²) in [5, 5.41) is 7.00. The number of halogens is 1. The molecular weight excluding hydrogens is 144 g/mol. The first-order valence-corrected chi connectivity index (χ1v) is 2.81. The van der Waals surface area contributed by atoms with Gasteiger partial charge in [0.2, 0.25) is 0 Å². The van der Waals surface area contributed by atoms with Crippen LogP contribution in [0.25, 0.3) is 0 Å². The summed E-state index contributed by atoms with van der Waals surface area (Å²) in [5.41, 5.74) is 0. The Labute approximate surface area is 57.6 Å². The number of ketones is 2. The van der Waals surface area contributed by atoms with Gasteiger partial charge in [-0.25, -0.2) is 0 Å². The molecule has 1 unspecified atom stereocenters. The zero-order valence-electron chi connectivity index (χ0n) is 4.93. The molecule has 1 atom stereocenters. The van der Waals surface area contributed by atoms with Crippen LogP contribution in [0.5, 0.6) is 0 Å². The van der Waals surface area contributed by atoms with Crippen molar-refractivity contribution in [2.75, 3.05) is 6.61 Å². The van der Waals surface area contributed by atoms with Gasteiger partial charge in [-0.2, -0.15) is 0 Å². The molecule has 0 heterocycles. The number of aliphatic hydroxyl groups is 1. The van der Waals surface area contributed by atoms with Gasteiger partial charge in [0.1, 0.15) is 6.61 Å². The van der Waals surface area contributed by atoms with Gasteiger partial charge in [-0.05, 0) is 6.92 Å². The third-order valence-corrected chi connectivity index (χ3v) is 1.35. The highest BCUT2D eigenvalue weighted by Crippen LogP contribution is 1.97. The average Bonchev–Trinajstić information content (AvgIpc) is 1.84. The standard InChI is InChI=1S/C5H7ClO3/c1-3(8)5(6)4(9)2-7/h5,7H,2H2,1H3. The first kappa shape index (κ1) is 8.59. The summed E-state index contributed by atoms with van der Waals surface area (Å²) in [5.74, 6) is -1.08. The predicted octanol–water partition coefficient (Wildman–Crippen LogP) is -0.256. The second kappa shape index (κ2) is 3.58. The molecule has 4 heteroatoms. The zero-order valence-corrected chi connectivity index (χ0v) is 5.68. The summed E-state index contributed by atoms with van der Waals surface area (Å²) in [6.45, 7) is 0.527. The molecule has 9 heavy (non-hydrogen) atoms. The monoisotopic (exact) mass is 150 g/mol. The fraction of sp³-hybridized carbons (Fsp3) is 0.600. The lowest BCUT2D eigenvalue weighted by Gasteiger charge is -1.98. The van der Waals surface area contributed by atoms with E-state index in [2.05, 4.69) is 0 Å². The Hall–Kier alpha value is -0.410. The summed E-state index contributed by atoms with van der Waals surface area (Å²) < 4.78 is 0. The topological polar surface area (TPSA) is 54.4 Å². The van der Waals surface area contributed by atoms with Gasteiger partial charge < -0.3 is 5.11 Å². The van der Waals surface area contributed by atoms with E-state index in [1.165, 1.54) is 6.92 Å². The summed E-state index contributed by atoms with van der Waals surface area (Å²) in [4.78, 5) is 20.6. The molecule has 0 radical (unpaired) electrons. The molecule has 0 bridgehead atoms. The summed E-state index contributed by atoms with van der Waals surface area (Å²) in [6, 6.07) is 0. The van der Waals surface area contributed by atoms with Crippen LogP contribution >= 0.6 is 11.6 Å². The molecule has 0 aliphatic rings.